The van der Waals surface area contributed by atoms with Crippen LogP contribution in [0.2, 0.25) is 5.02 Å². The molecule has 1 atom stereocenters. The van der Waals surface area contributed by atoms with E-state index in [9.17, 15) is 18.0 Å². The summed E-state index contributed by atoms with van der Waals surface area (Å²) in [5, 5.41) is 5.73. The Balaban J connectivity index is 1.56. The molecule has 0 fully saturated rings. The van der Waals surface area contributed by atoms with Gasteiger partial charge in [-0.1, -0.05) is 17.7 Å². The summed E-state index contributed by atoms with van der Waals surface area (Å²) in [6.45, 7) is 3.27. The Morgan fingerprint density at radius 1 is 1.34 bits per heavy atom. The summed E-state index contributed by atoms with van der Waals surface area (Å²) in [5.41, 5.74) is 6.58. The molecule has 2 aromatic rings. The predicted octanol–water partition coefficient (Wildman–Crippen LogP) is 3.18. The van der Waals surface area contributed by atoms with Crippen molar-refractivity contribution in [1.82, 2.24) is 25.6 Å². The molecule has 0 saturated heterocycles. The average Bonchev–Trinajstić information content (AvgIpc) is 3.38. The fraction of sp³-hybridized carbons (Fsp3) is 0.400. The maximum Gasteiger partial charge on any atom is 0.417 e. The van der Waals surface area contributed by atoms with Crippen molar-refractivity contribution in [3.05, 3.63) is 58.0 Å². The number of alkyl halides is 3. The number of hydrogen-bond acceptors (Lipinski definition) is 6. The second-order valence-corrected chi connectivity index (χ2v) is 7.83. The SMILES string of the molecule is COCCn1ccc(N2NNC3=C2CCN(C(=O)c2cccc(C(F)(F)F)c2Cl)[C@@H]3C)n1. The molecule has 0 aliphatic carbocycles. The van der Waals surface area contributed by atoms with Crippen molar-refractivity contribution >= 4 is 23.3 Å². The molecule has 0 bridgehead atoms. The molecule has 8 nitrogen and oxygen atoms in total. The van der Waals surface area contributed by atoms with Crippen LogP contribution in [0.3, 0.4) is 0 Å². The van der Waals surface area contributed by atoms with Gasteiger partial charge in [0.05, 0.1) is 46.7 Å². The Morgan fingerprint density at radius 3 is 2.84 bits per heavy atom. The molecule has 4 rings (SSSR count). The summed E-state index contributed by atoms with van der Waals surface area (Å²) in [7, 11) is 1.62. The van der Waals surface area contributed by atoms with E-state index in [1.807, 2.05) is 19.2 Å². The number of rotatable bonds is 5. The molecule has 2 aliphatic rings. The summed E-state index contributed by atoms with van der Waals surface area (Å²) in [6.07, 6.45) is -2.32. The molecule has 0 spiro atoms. The van der Waals surface area contributed by atoms with Gasteiger partial charge >= 0.3 is 6.18 Å². The zero-order valence-electron chi connectivity index (χ0n) is 17.4. The van der Waals surface area contributed by atoms with Crippen LogP contribution < -0.4 is 16.0 Å². The van der Waals surface area contributed by atoms with Crippen LogP contribution in [0, 0.1) is 0 Å². The number of benzene rings is 1. The maximum atomic E-state index is 13.2. The molecule has 1 amide bonds. The molecule has 12 heteroatoms. The van der Waals surface area contributed by atoms with Crippen LogP contribution in [0.25, 0.3) is 0 Å². The molecule has 1 aromatic carbocycles. The number of nitrogens with one attached hydrogen (secondary N) is 2. The van der Waals surface area contributed by atoms with Gasteiger partial charge < -0.3 is 15.1 Å². The summed E-state index contributed by atoms with van der Waals surface area (Å²) in [4.78, 5) is 14.6. The van der Waals surface area contributed by atoms with E-state index in [4.69, 9.17) is 16.3 Å². The Morgan fingerprint density at radius 2 is 2.12 bits per heavy atom. The van der Waals surface area contributed by atoms with E-state index < -0.39 is 28.7 Å². The molecule has 1 aromatic heterocycles. The lowest BCUT2D eigenvalue weighted by atomic mass is 10.0. The molecule has 32 heavy (non-hydrogen) atoms. The number of amides is 1. The third-order valence-corrected chi connectivity index (χ3v) is 5.94. The number of halogens is 4. The van der Waals surface area contributed by atoms with Gasteiger partial charge in [0.2, 0.25) is 0 Å². The van der Waals surface area contributed by atoms with Crippen LogP contribution in [-0.4, -0.2) is 46.9 Å². The predicted molar refractivity (Wildman–Crippen MR) is 111 cm³/mol. The number of ether oxygens (including phenoxy) is 1. The van der Waals surface area contributed by atoms with Gasteiger partial charge in [-0.25, -0.2) is 5.01 Å². The number of anilines is 1. The molecule has 2 aliphatic heterocycles. The average molecular weight is 471 g/mol. The quantitative estimate of drug-likeness (QED) is 0.699. The molecular formula is C20H22ClF3N6O2. The van der Waals surface area contributed by atoms with E-state index in [0.717, 1.165) is 17.5 Å². The lowest BCUT2D eigenvalue weighted by Gasteiger charge is -2.35. The van der Waals surface area contributed by atoms with Gasteiger partial charge in [-0.2, -0.15) is 18.3 Å². The smallest absolute Gasteiger partial charge is 0.383 e. The standard InChI is InChI=1S/C20H22ClF3N6O2/c1-12-18-15(30(27-25-18)16-7-8-28(26-16)10-11-32-2)6-9-29(12)19(31)13-4-3-5-14(17(13)21)20(22,23)24/h3-5,7-8,12,25,27H,6,9-11H2,1-2H3/t12-/m1/s1. The highest BCUT2D eigenvalue weighted by Crippen LogP contribution is 2.37. The van der Waals surface area contributed by atoms with Crippen molar-refractivity contribution in [3.8, 4) is 0 Å². The molecule has 0 radical (unpaired) electrons. The first-order valence-corrected chi connectivity index (χ1v) is 10.3. The van der Waals surface area contributed by atoms with E-state index in [1.165, 1.54) is 17.0 Å². The van der Waals surface area contributed by atoms with Gasteiger partial charge in [-0.05, 0) is 19.1 Å². The van der Waals surface area contributed by atoms with Crippen molar-refractivity contribution < 1.29 is 22.7 Å². The number of aromatic nitrogens is 2. The minimum atomic E-state index is -4.64. The van der Waals surface area contributed by atoms with Crippen LogP contribution in [0.4, 0.5) is 19.0 Å². The lowest BCUT2D eigenvalue weighted by Crippen LogP contribution is -2.46. The Bertz CT molecular complexity index is 1050. The number of nitrogens with zero attached hydrogens (tertiary/aromatic N) is 4. The third-order valence-electron chi connectivity index (χ3n) is 5.53. The minimum absolute atomic E-state index is 0.169. The van der Waals surface area contributed by atoms with Gasteiger partial charge in [0.15, 0.2) is 5.82 Å². The van der Waals surface area contributed by atoms with Crippen molar-refractivity contribution in [2.45, 2.75) is 32.1 Å². The molecule has 172 valence electrons. The first-order valence-electron chi connectivity index (χ1n) is 9.96. The van der Waals surface area contributed by atoms with Gasteiger partial charge in [0.1, 0.15) is 0 Å². The first kappa shape index (κ1) is 22.4. The highest BCUT2D eigenvalue weighted by atomic mass is 35.5. The maximum absolute atomic E-state index is 13.2. The number of hydrogen-bond donors (Lipinski definition) is 2. The number of carbonyl (C=O) groups is 1. The van der Waals surface area contributed by atoms with Gasteiger partial charge in [-0.15, -0.1) is 5.53 Å². The van der Waals surface area contributed by atoms with Gasteiger partial charge in [0.25, 0.3) is 5.91 Å². The van der Waals surface area contributed by atoms with Crippen LogP contribution in [0.5, 0.6) is 0 Å². The molecule has 0 saturated carbocycles. The fourth-order valence-corrected chi connectivity index (χ4v) is 4.18. The largest absolute Gasteiger partial charge is 0.417 e. The Hall–Kier alpha value is -2.76. The monoisotopic (exact) mass is 470 g/mol. The fourth-order valence-electron chi connectivity index (χ4n) is 3.87. The number of methoxy groups -OCH3 is 1. The second kappa shape index (κ2) is 8.64. The first-order chi connectivity index (χ1) is 15.2. The highest BCUT2D eigenvalue weighted by Gasteiger charge is 2.39. The van der Waals surface area contributed by atoms with Gasteiger partial charge in [0, 0.05) is 32.3 Å². The van der Waals surface area contributed by atoms with E-state index in [0.29, 0.717) is 31.9 Å². The third kappa shape index (κ3) is 4.03. The lowest BCUT2D eigenvalue weighted by molar-refractivity contribution is -0.137. The van der Waals surface area contributed by atoms with Crippen molar-refractivity contribution in [2.24, 2.45) is 0 Å². The number of carbonyl (C=O) groups excluding carboxylic acids is 1. The van der Waals surface area contributed by atoms with Crippen molar-refractivity contribution in [1.29, 1.82) is 0 Å². The zero-order chi connectivity index (χ0) is 23.0. The van der Waals surface area contributed by atoms with E-state index in [-0.39, 0.29) is 5.56 Å². The van der Waals surface area contributed by atoms with Crippen LogP contribution in [0.15, 0.2) is 41.9 Å². The van der Waals surface area contributed by atoms with E-state index in [1.54, 1.807) is 16.8 Å². The van der Waals surface area contributed by atoms with Crippen LogP contribution in [-0.2, 0) is 17.5 Å². The van der Waals surface area contributed by atoms with Crippen LogP contribution >= 0.6 is 11.6 Å². The Labute approximate surface area is 187 Å². The van der Waals surface area contributed by atoms with Crippen molar-refractivity contribution in [3.63, 3.8) is 0 Å². The van der Waals surface area contributed by atoms with E-state index in [2.05, 4.69) is 16.1 Å². The van der Waals surface area contributed by atoms with Crippen LogP contribution in [0.1, 0.15) is 29.3 Å². The topological polar surface area (TPSA) is 74.7 Å². The summed E-state index contributed by atoms with van der Waals surface area (Å²) < 4.78 is 46.4. The second-order valence-electron chi connectivity index (χ2n) is 7.45. The molecule has 3 heterocycles. The molecular weight excluding hydrogens is 449 g/mol. The van der Waals surface area contributed by atoms with E-state index >= 15 is 0 Å². The van der Waals surface area contributed by atoms with Crippen molar-refractivity contribution in [2.75, 3.05) is 25.3 Å². The zero-order valence-corrected chi connectivity index (χ0v) is 18.2. The Kier molecular flexibility index (Phi) is 6.06. The summed E-state index contributed by atoms with van der Waals surface area (Å²) >= 11 is 5.97. The normalized spacial score (nSPS) is 18.8. The van der Waals surface area contributed by atoms with Gasteiger partial charge in [-0.3, -0.25) is 9.48 Å². The summed E-state index contributed by atoms with van der Waals surface area (Å²) in [6, 6.07) is 4.81. The highest BCUT2D eigenvalue weighted by molar-refractivity contribution is 6.34. The number of hydrazine groups is 2. The molecule has 2 N–H and O–H groups in total. The summed E-state index contributed by atoms with van der Waals surface area (Å²) in [5.74, 6) is 0.121. The minimum Gasteiger partial charge on any atom is -0.383 e. The molecule has 0 unspecified atom stereocenters.